The van der Waals surface area contributed by atoms with E-state index in [1.54, 1.807) is 0 Å². The van der Waals surface area contributed by atoms with Gasteiger partial charge >= 0.3 is 35.6 Å². The highest BCUT2D eigenvalue weighted by molar-refractivity contribution is 5.87. The third kappa shape index (κ3) is 1.92. The molecule has 0 spiro atoms. The quantitative estimate of drug-likeness (QED) is 0.420. The zero-order valence-corrected chi connectivity index (χ0v) is 11.4. The molecule has 0 aliphatic heterocycles. The van der Waals surface area contributed by atoms with E-state index in [-0.39, 0.29) is 0 Å². The fourth-order valence-electron chi connectivity index (χ4n) is 2.02. The number of methoxy groups -OCH3 is 1. The highest BCUT2D eigenvalue weighted by atomic mass is 19.4. The van der Waals surface area contributed by atoms with Crippen LogP contribution in [0.4, 0.5) is 48.3 Å². The molecule has 1 rings (SSSR count). The maximum Gasteiger partial charge on any atom is 0.384 e. The minimum atomic E-state index is -7.28. The van der Waals surface area contributed by atoms with Crippen LogP contribution in [0.1, 0.15) is 6.42 Å². The van der Waals surface area contributed by atoms with E-state index in [9.17, 15) is 53.1 Å². The molecule has 0 aromatic carbocycles. The summed E-state index contributed by atoms with van der Waals surface area (Å²) in [6, 6.07) is 0. The highest BCUT2D eigenvalue weighted by Crippen LogP contribution is 2.70. The van der Waals surface area contributed by atoms with Gasteiger partial charge in [-0.15, -0.1) is 0 Å². The molecule has 0 N–H and O–H groups in total. The Labute approximate surface area is 126 Å². The fourth-order valence-corrected chi connectivity index (χ4v) is 2.02. The number of alkyl halides is 11. The number of carbonyl (C=O) groups is 1. The van der Waals surface area contributed by atoms with Gasteiger partial charge in [-0.05, 0) is 0 Å². The third-order valence-electron chi connectivity index (χ3n) is 3.50. The minimum absolute atomic E-state index is 0.521. The molecule has 0 aromatic rings. The summed E-state index contributed by atoms with van der Waals surface area (Å²) >= 11 is 0. The maximum atomic E-state index is 14.1. The Bertz CT molecular complexity index is 536. The lowest BCUT2D eigenvalue weighted by molar-refractivity contribution is -0.484. The largest absolute Gasteiger partial charge is 0.466 e. The molecule has 1 aliphatic carbocycles. The highest BCUT2D eigenvalue weighted by Gasteiger charge is 3.00. The molecule has 1 saturated carbocycles. The van der Waals surface area contributed by atoms with Crippen molar-refractivity contribution in [3.05, 3.63) is 12.2 Å². The van der Waals surface area contributed by atoms with Gasteiger partial charge in [-0.3, -0.25) is 0 Å². The van der Waals surface area contributed by atoms with E-state index in [4.69, 9.17) is 0 Å². The molecule has 0 saturated heterocycles. The standard InChI is InChI=1S/C11H7F11O2/c1-4(5(23)24-2)3-6(12)7(13,14)9(17,18)11(21,22)10(19,20)8(6,15)16/h1,3H2,2H3. The van der Waals surface area contributed by atoms with Crippen LogP contribution in [-0.2, 0) is 9.53 Å². The number of carbonyl (C=O) groups excluding carboxylic acids is 1. The number of halogens is 11. The first-order valence-electron chi connectivity index (χ1n) is 5.71. The van der Waals surface area contributed by atoms with E-state index in [1.807, 2.05) is 0 Å². The molecule has 0 unspecified atom stereocenters. The van der Waals surface area contributed by atoms with Gasteiger partial charge in [0.05, 0.1) is 7.11 Å². The summed E-state index contributed by atoms with van der Waals surface area (Å²) in [7, 11) is 0.521. The summed E-state index contributed by atoms with van der Waals surface area (Å²) in [6.07, 6.45) is -2.80. The van der Waals surface area contributed by atoms with Crippen molar-refractivity contribution < 1.29 is 57.8 Å². The normalized spacial score (nSPS) is 28.0. The molecular weight excluding hydrogens is 373 g/mol. The van der Waals surface area contributed by atoms with Crippen LogP contribution in [0, 0.1) is 0 Å². The van der Waals surface area contributed by atoms with Gasteiger partial charge in [0.25, 0.3) is 5.67 Å². The number of hydrogen-bond donors (Lipinski definition) is 0. The smallest absolute Gasteiger partial charge is 0.384 e. The molecule has 0 atom stereocenters. The predicted octanol–water partition coefficient (Wildman–Crippen LogP) is 4.00. The van der Waals surface area contributed by atoms with Gasteiger partial charge in [0, 0.05) is 12.0 Å². The fraction of sp³-hybridized carbons (Fsp3) is 0.727. The summed E-state index contributed by atoms with van der Waals surface area (Å²) in [5, 5.41) is 0. The van der Waals surface area contributed by atoms with Crippen LogP contribution < -0.4 is 0 Å². The first-order valence-corrected chi connectivity index (χ1v) is 5.71. The zero-order valence-electron chi connectivity index (χ0n) is 11.4. The van der Waals surface area contributed by atoms with Crippen LogP contribution in [0.2, 0.25) is 0 Å². The molecule has 0 aromatic heterocycles. The van der Waals surface area contributed by atoms with Crippen LogP contribution in [0.3, 0.4) is 0 Å². The lowest BCUT2D eigenvalue weighted by atomic mass is 9.70. The SMILES string of the molecule is C=C(CC1(F)C(F)(F)C(F)(F)C(F)(F)C(F)(F)C1(F)F)C(=O)OC. The van der Waals surface area contributed by atoms with Gasteiger partial charge in [-0.1, -0.05) is 6.58 Å². The van der Waals surface area contributed by atoms with Crippen LogP contribution in [0.25, 0.3) is 0 Å². The molecule has 13 heteroatoms. The second-order valence-corrected chi connectivity index (χ2v) is 4.95. The van der Waals surface area contributed by atoms with Crippen molar-refractivity contribution in [2.45, 2.75) is 41.7 Å². The Morgan fingerprint density at radius 1 is 0.750 bits per heavy atom. The van der Waals surface area contributed by atoms with E-state index in [0.29, 0.717) is 7.11 Å². The predicted molar refractivity (Wildman–Crippen MR) is 54.3 cm³/mol. The molecule has 1 aliphatic rings. The van der Waals surface area contributed by atoms with Crippen molar-refractivity contribution in [1.82, 2.24) is 0 Å². The Morgan fingerprint density at radius 2 is 1.04 bits per heavy atom. The van der Waals surface area contributed by atoms with Gasteiger partial charge in [0.15, 0.2) is 0 Å². The zero-order chi connectivity index (χ0) is 19.6. The molecule has 24 heavy (non-hydrogen) atoms. The van der Waals surface area contributed by atoms with E-state index < -0.39 is 53.2 Å². The van der Waals surface area contributed by atoms with Gasteiger partial charge in [0.2, 0.25) is 0 Å². The second kappa shape index (κ2) is 4.97. The Kier molecular flexibility index (Phi) is 4.24. The van der Waals surface area contributed by atoms with Crippen LogP contribution in [-0.4, -0.2) is 48.4 Å². The summed E-state index contributed by atoms with van der Waals surface area (Å²) in [5.41, 5.74) is -7.92. The van der Waals surface area contributed by atoms with Crippen molar-refractivity contribution in [3.63, 3.8) is 0 Å². The molecule has 0 heterocycles. The van der Waals surface area contributed by atoms with E-state index in [1.165, 1.54) is 0 Å². The van der Waals surface area contributed by atoms with E-state index in [2.05, 4.69) is 11.3 Å². The number of rotatable bonds is 3. The summed E-state index contributed by atoms with van der Waals surface area (Å²) in [5.74, 6) is -37.5. The summed E-state index contributed by atoms with van der Waals surface area (Å²) in [4.78, 5) is 10.9. The topological polar surface area (TPSA) is 26.3 Å². The van der Waals surface area contributed by atoms with Crippen LogP contribution in [0.5, 0.6) is 0 Å². The van der Waals surface area contributed by atoms with Crippen LogP contribution >= 0.6 is 0 Å². The van der Waals surface area contributed by atoms with E-state index >= 15 is 0 Å². The van der Waals surface area contributed by atoms with Crippen molar-refractivity contribution in [2.75, 3.05) is 7.11 Å². The third-order valence-corrected chi connectivity index (χ3v) is 3.50. The summed E-state index contributed by atoms with van der Waals surface area (Å²) in [6.45, 7) is 2.47. The lowest BCUT2D eigenvalue weighted by Crippen LogP contribution is -2.83. The average Bonchev–Trinajstić information content (AvgIpc) is 2.43. The molecule has 2 nitrogen and oxygen atoms in total. The first-order chi connectivity index (χ1) is 10.4. The molecule has 0 radical (unpaired) electrons. The molecular formula is C11H7F11O2. The summed E-state index contributed by atoms with van der Waals surface area (Å²) < 4.78 is 150. The van der Waals surface area contributed by atoms with Gasteiger partial charge < -0.3 is 4.74 Å². The molecule has 140 valence electrons. The van der Waals surface area contributed by atoms with Crippen molar-refractivity contribution in [2.24, 2.45) is 0 Å². The van der Waals surface area contributed by atoms with Gasteiger partial charge in [0.1, 0.15) is 0 Å². The lowest BCUT2D eigenvalue weighted by Gasteiger charge is -2.52. The van der Waals surface area contributed by atoms with Crippen molar-refractivity contribution >= 4 is 5.97 Å². The Hall–Kier alpha value is -1.56. The Balaban J connectivity index is 3.69. The number of hydrogen-bond acceptors (Lipinski definition) is 2. The van der Waals surface area contributed by atoms with E-state index in [0.717, 1.165) is 0 Å². The number of ether oxygens (including phenoxy) is 1. The Morgan fingerprint density at radius 3 is 1.33 bits per heavy atom. The van der Waals surface area contributed by atoms with Gasteiger partial charge in [-0.25, -0.2) is 9.18 Å². The van der Waals surface area contributed by atoms with Crippen molar-refractivity contribution in [3.8, 4) is 0 Å². The molecule has 0 bridgehead atoms. The first kappa shape index (κ1) is 20.5. The molecule has 0 amide bonds. The molecule has 1 fully saturated rings. The number of esters is 1. The average molecular weight is 380 g/mol. The second-order valence-electron chi connectivity index (χ2n) is 4.95. The monoisotopic (exact) mass is 380 g/mol. The maximum absolute atomic E-state index is 14.1. The minimum Gasteiger partial charge on any atom is -0.466 e. The van der Waals surface area contributed by atoms with Crippen molar-refractivity contribution in [1.29, 1.82) is 0 Å². The van der Waals surface area contributed by atoms with Gasteiger partial charge in [-0.2, -0.15) is 43.9 Å². The van der Waals surface area contributed by atoms with Crippen LogP contribution in [0.15, 0.2) is 12.2 Å².